The van der Waals surface area contributed by atoms with Gasteiger partial charge in [0, 0.05) is 0 Å². The van der Waals surface area contributed by atoms with E-state index in [0.717, 1.165) is 59.6 Å². The molecule has 6 nitrogen and oxygen atoms in total. The first kappa shape index (κ1) is 31.6. The Kier molecular flexibility index (Phi) is 7.06. The van der Waals surface area contributed by atoms with Gasteiger partial charge >= 0.3 is 513 Å². The molecule has 0 N–H and O–H groups in total. The standard InChI is InChI=1S/C76H50GeN6/c1-4-26-52(27-5-1)77(53-28-6-2-7-29-53,55-47-48-66-72(50-55)81(56-31-8-3-9-32-56)71-46-23-18-41-65(71)76(66)63-39-16-10-33-57(63)58-34-11-17-40-64(58)76)54-30-24-25-51(49-54)73-78-74(82-67-42-19-12-35-59(67)60-36-13-20-43-68(60)82)80-75(79-73)83-69-44-21-14-37-61(69)62-38-15-22-45-70(62)83/h1-50H/i12D,13D,14D,15D,19D,20D,21D,22D,24D,25D,30D,35D,36D,37D,38D,42D,43D,44D,45D,49D. The Bertz CT molecular complexity index is 5870. The first-order chi connectivity index (χ1) is 49.5. The van der Waals surface area contributed by atoms with Crippen LogP contribution in [0.5, 0.6) is 0 Å². The first-order valence-corrected chi connectivity index (χ1v) is 31.0. The van der Waals surface area contributed by atoms with Crippen LogP contribution in [-0.2, 0) is 5.41 Å². The molecule has 7 heteroatoms. The molecule has 2 aliphatic rings. The van der Waals surface area contributed by atoms with E-state index in [1.807, 2.05) is 127 Å². The second-order valence-electron chi connectivity index (χ2n) is 20.3. The minimum absolute atomic E-state index is 0.00536. The van der Waals surface area contributed by atoms with Gasteiger partial charge in [-0.2, -0.15) is 0 Å². The molecule has 3 aromatic heterocycles. The van der Waals surface area contributed by atoms with E-state index in [-0.39, 0.29) is 4.40 Å². The van der Waals surface area contributed by atoms with Crippen molar-refractivity contribution in [3.8, 4) is 34.4 Å². The third-order valence-electron chi connectivity index (χ3n) is 16.3. The van der Waals surface area contributed by atoms with E-state index < -0.39 is 206 Å². The summed E-state index contributed by atoms with van der Waals surface area (Å²) in [7, 11) is 0. The fourth-order valence-corrected chi connectivity index (χ4v) is 22.5. The SMILES string of the molecule is [2H]c1c([2H])c(-c2nc(-n3c4c([2H])c([2H])c([2H])c([2H])c4c4c([2H])c([2H])c([2H])c([2H])c43)nc(-n3c4c([2H])c([2H])c([2H])c([2H])c4c4c([2H])c([2H])c([2H])c([2H])c43)n2)c([2H])[c]([Ge]([c]2ccccc2)([c]2ccccc2)[c]2ccc3c(c2)N(c2ccccc2)c2ccccc2C32c3ccccc3-c3ccccc32)c1[2H]. The van der Waals surface area contributed by atoms with Crippen molar-refractivity contribution in [2.45, 2.75) is 5.41 Å². The summed E-state index contributed by atoms with van der Waals surface area (Å²) in [5.41, 5.74) is 5.21. The molecule has 0 unspecified atom stereocenters. The van der Waals surface area contributed by atoms with Crippen molar-refractivity contribution in [2.75, 3.05) is 4.90 Å². The van der Waals surface area contributed by atoms with Gasteiger partial charge in [-0.05, 0) is 0 Å². The Morgan fingerprint density at radius 2 is 0.795 bits per heavy atom. The fraction of sp³-hybridized carbons (Fsp3) is 0.0132. The van der Waals surface area contributed by atoms with Crippen molar-refractivity contribution >= 4 is 91.5 Å². The minimum atomic E-state index is -5.41. The molecule has 12 aromatic carbocycles. The second-order valence-corrected chi connectivity index (χ2v) is 28.1. The van der Waals surface area contributed by atoms with E-state index in [2.05, 4.69) is 59.5 Å². The fourth-order valence-electron chi connectivity index (χ4n) is 13.1. The number of fused-ring (bicyclic) bond motifs is 15. The summed E-state index contributed by atoms with van der Waals surface area (Å²) in [6.45, 7) is 0. The van der Waals surface area contributed by atoms with Gasteiger partial charge in [0.2, 0.25) is 0 Å². The van der Waals surface area contributed by atoms with Crippen molar-refractivity contribution < 1.29 is 27.4 Å². The Labute approximate surface area is 511 Å². The molecule has 388 valence electrons. The Morgan fingerprint density at radius 3 is 1.33 bits per heavy atom. The summed E-state index contributed by atoms with van der Waals surface area (Å²) in [5, 5.41) is -1.60. The summed E-state index contributed by atoms with van der Waals surface area (Å²) in [6.07, 6.45) is 0. The molecule has 0 saturated carbocycles. The van der Waals surface area contributed by atoms with E-state index in [0.29, 0.717) is 13.2 Å². The molecule has 0 radical (unpaired) electrons. The van der Waals surface area contributed by atoms with Crippen molar-refractivity contribution in [1.82, 2.24) is 24.1 Å². The molecule has 1 aliphatic carbocycles. The van der Waals surface area contributed by atoms with E-state index >= 15 is 0 Å². The Morgan fingerprint density at radius 1 is 0.349 bits per heavy atom. The number of hydrogen-bond donors (Lipinski definition) is 0. The number of hydrogen-bond acceptors (Lipinski definition) is 4. The maximum absolute atomic E-state index is 11.2. The van der Waals surface area contributed by atoms with Crippen LogP contribution in [0.2, 0.25) is 0 Å². The molecule has 17 rings (SSSR count). The van der Waals surface area contributed by atoms with Gasteiger partial charge in [-0.15, -0.1) is 0 Å². The summed E-state index contributed by atoms with van der Waals surface area (Å²) in [4.78, 5) is 17.1. The molecule has 1 spiro atoms. The zero-order chi connectivity index (χ0) is 72.0. The van der Waals surface area contributed by atoms with Gasteiger partial charge in [0.05, 0.1) is 0 Å². The zero-order valence-corrected chi connectivity index (χ0v) is 45.6. The molecule has 83 heavy (non-hydrogen) atoms. The van der Waals surface area contributed by atoms with Gasteiger partial charge in [0.15, 0.2) is 0 Å². The third-order valence-corrected chi connectivity index (χ3v) is 25.9. The van der Waals surface area contributed by atoms with Crippen molar-refractivity contribution in [1.29, 1.82) is 0 Å². The van der Waals surface area contributed by atoms with Crippen LogP contribution in [0.1, 0.15) is 49.7 Å². The molecule has 0 amide bonds. The zero-order valence-electron chi connectivity index (χ0n) is 63.5. The number of rotatable bonds is 8. The molecule has 0 saturated heterocycles. The van der Waals surface area contributed by atoms with Gasteiger partial charge in [-0.25, -0.2) is 0 Å². The van der Waals surface area contributed by atoms with E-state index in [4.69, 9.17) is 25.9 Å². The van der Waals surface area contributed by atoms with E-state index in [1.165, 1.54) is 0 Å². The molecular formula is C76H50GeN6. The quantitative estimate of drug-likeness (QED) is 0.142. The van der Waals surface area contributed by atoms with Crippen LogP contribution in [-0.4, -0.2) is 37.4 Å². The van der Waals surface area contributed by atoms with Crippen LogP contribution >= 0.6 is 0 Å². The molecule has 4 heterocycles. The van der Waals surface area contributed by atoms with E-state index in [9.17, 15) is 16.4 Å². The van der Waals surface area contributed by atoms with Gasteiger partial charge in [-0.1, -0.05) is 0 Å². The van der Waals surface area contributed by atoms with E-state index in [1.54, 1.807) is 0 Å². The molecule has 0 bridgehead atoms. The summed E-state index contributed by atoms with van der Waals surface area (Å²) in [6, 6.07) is 45.3. The Hall–Kier alpha value is -10.4. The summed E-state index contributed by atoms with van der Waals surface area (Å²) >= 11 is -5.41. The van der Waals surface area contributed by atoms with Gasteiger partial charge in [-0.3, -0.25) is 0 Å². The molecule has 1 aliphatic heterocycles. The molecular weight excluding hydrogens is 1070 g/mol. The van der Waals surface area contributed by atoms with Gasteiger partial charge in [0.25, 0.3) is 0 Å². The normalized spacial score (nSPS) is 16.5. The number of anilines is 3. The average molecular weight is 1140 g/mol. The summed E-state index contributed by atoms with van der Waals surface area (Å²) in [5.74, 6) is -2.17. The van der Waals surface area contributed by atoms with Crippen molar-refractivity contribution in [3.63, 3.8) is 0 Å². The van der Waals surface area contributed by atoms with Crippen molar-refractivity contribution in [2.24, 2.45) is 0 Å². The number of aromatic nitrogens is 5. The van der Waals surface area contributed by atoms with Crippen LogP contribution in [0.3, 0.4) is 0 Å². The first-order valence-electron chi connectivity index (χ1n) is 36.8. The molecule has 15 aromatic rings. The number of nitrogens with zero attached hydrogens (tertiary/aromatic N) is 6. The third kappa shape index (κ3) is 6.81. The number of benzene rings is 12. The Balaban J connectivity index is 1.05. The topological polar surface area (TPSA) is 51.8 Å². The van der Waals surface area contributed by atoms with Crippen LogP contribution in [0.4, 0.5) is 17.1 Å². The second kappa shape index (κ2) is 18.6. The monoisotopic (exact) mass is 1140 g/mol. The predicted molar refractivity (Wildman–Crippen MR) is 343 cm³/mol. The van der Waals surface area contributed by atoms with Crippen LogP contribution in [0.15, 0.2) is 303 Å². The average Bonchev–Trinajstić information content (AvgIpc) is 1.61. The molecule has 0 fully saturated rings. The van der Waals surface area contributed by atoms with Crippen molar-refractivity contribution in [3.05, 3.63) is 325 Å². The van der Waals surface area contributed by atoms with Crippen LogP contribution in [0, 0.1) is 0 Å². The van der Waals surface area contributed by atoms with Crippen LogP contribution < -0.4 is 22.5 Å². The number of para-hydroxylation sites is 6. The predicted octanol–water partition coefficient (Wildman–Crippen LogP) is 15.3. The summed E-state index contributed by atoms with van der Waals surface area (Å²) < 4.78 is 193. The van der Waals surface area contributed by atoms with Gasteiger partial charge in [0.1, 0.15) is 0 Å². The van der Waals surface area contributed by atoms with Crippen LogP contribution in [0.25, 0.3) is 78.0 Å². The molecule has 0 atom stereocenters. The maximum atomic E-state index is 11.2. The van der Waals surface area contributed by atoms with Gasteiger partial charge < -0.3 is 0 Å².